The highest BCUT2D eigenvalue weighted by atomic mass is 32.1. The van der Waals surface area contributed by atoms with E-state index in [4.69, 9.17) is 0 Å². The first-order valence-corrected chi connectivity index (χ1v) is 7.16. The summed E-state index contributed by atoms with van der Waals surface area (Å²) in [6.45, 7) is 2.67. The predicted molar refractivity (Wildman–Crippen MR) is 78.5 cm³/mol. The van der Waals surface area contributed by atoms with Crippen molar-refractivity contribution in [1.29, 1.82) is 0 Å². The van der Waals surface area contributed by atoms with Crippen molar-refractivity contribution in [3.8, 4) is 0 Å². The van der Waals surface area contributed by atoms with Crippen LogP contribution in [-0.4, -0.2) is 21.5 Å². The lowest BCUT2D eigenvalue weighted by molar-refractivity contribution is 0.616. The molecule has 0 aliphatic heterocycles. The Hall–Kier alpha value is -2.08. The third-order valence-electron chi connectivity index (χ3n) is 3.03. The van der Waals surface area contributed by atoms with Crippen molar-refractivity contribution < 1.29 is 4.39 Å². The van der Waals surface area contributed by atoms with Gasteiger partial charge in [-0.15, -0.1) is 11.3 Å². The molecule has 0 fully saturated rings. The summed E-state index contributed by atoms with van der Waals surface area (Å²) in [4.78, 5) is 12.8. The van der Waals surface area contributed by atoms with Gasteiger partial charge < -0.3 is 5.32 Å². The zero-order valence-corrected chi connectivity index (χ0v) is 11.7. The molecule has 1 N–H and O–H groups in total. The number of hydrogen-bond donors (Lipinski definition) is 1. The average molecular weight is 288 g/mol. The van der Waals surface area contributed by atoms with Gasteiger partial charge in [0.25, 0.3) is 0 Å². The number of aromatic nitrogens is 3. The quantitative estimate of drug-likeness (QED) is 0.799. The summed E-state index contributed by atoms with van der Waals surface area (Å²) in [5.74, 6) is 0.433. The number of rotatable bonds is 4. The first-order chi connectivity index (χ1) is 9.72. The second kappa shape index (κ2) is 5.50. The third-order valence-corrected chi connectivity index (χ3v) is 3.87. The number of anilines is 1. The molecule has 3 heterocycles. The van der Waals surface area contributed by atoms with Gasteiger partial charge in [0.2, 0.25) is 5.95 Å². The second-order valence-corrected chi connectivity index (χ2v) is 5.49. The molecule has 1 unspecified atom stereocenters. The van der Waals surface area contributed by atoms with Crippen LogP contribution in [0.15, 0.2) is 36.0 Å². The van der Waals surface area contributed by atoms with Crippen molar-refractivity contribution in [1.82, 2.24) is 15.0 Å². The van der Waals surface area contributed by atoms with E-state index >= 15 is 0 Å². The minimum absolute atomic E-state index is 0.150. The Balaban J connectivity index is 1.67. The molecule has 0 aliphatic carbocycles. The summed E-state index contributed by atoms with van der Waals surface area (Å²) in [5, 5.41) is 5.18. The van der Waals surface area contributed by atoms with Crippen LogP contribution in [0, 0.1) is 5.82 Å². The van der Waals surface area contributed by atoms with Crippen molar-refractivity contribution >= 4 is 27.5 Å². The Labute approximate surface area is 119 Å². The third kappa shape index (κ3) is 2.75. The molecule has 3 aromatic rings. The summed E-state index contributed by atoms with van der Waals surface area (Å²) in [7, 11) is 0. The smallest absolute Gasteiger partial charge is 0.223 e. The van der Waals surface area contributed by atoms with E-state index in [0.717, 1.165) is 15.9 Å². The monoisotopic (exact) mass is 288 g/mol. The van der Waals surface area contributed by atoms with E-state index in [1.165, 1.54) is 12.3 Å². The molecule has 20 heavy (non-hydrogen) atoms. The minimum atomic E-state index is -0.319. The molecule has 4 nitrogen and oxygen atoms in total. The van der Waals surface area contributed by atoms with E-state index in [9.17, 15) is 4.39 Å². The van der Waals surface area contributed by atoms with Crippen molar-refractivity contribution in [2.45, 2.75) is 12.8 Å². The fourth-order valence-electron chi connectivity index (χ4n) is 1.88. The van der Waals surface area contributed by atoms with Crippen LogP contribution in [0.4, 0.5) is 10.3 Å². The maximum absolute atomic E-state index is 12.8. The van der Waals surface area contributed by atoms with Crippen LogP contribution in [0.1, 0.15) is 18.5 Å². The number of nitrogens with one attached hydrogen (secondary N) is 1. The number of fused-ring (bicyclic) bond motifs is 1. The SMILES string of the molecule is CC(CNc1ncc2sccc2n1)c1ccc(F)cn1. The zero-order valence-electron chi connectivity index (χ0n) is 10.9. The van der Waals surface area contributed by atoms with Crippen LogP contribution in [0.25, 0.3) is 10.2 Å². The molecule has 6 heteroatoms. The topological polar surface area (TPSA) is 50.7 Å². The first kappa shape index (κ1) is 12.9. The predicted octanol–water partition coefficient (Wildman–Crippen LogP) is 3.44. The van der Waals surface area contributed by atoms with Gasteiger partial charge in [-0.05, 0) is 23.6 Å². The van der Waals surface area contributed by atoms with Crippen LogP contribution in [0.2, 0.25) is 0 Å². The lowest BCUT2D eigenvalue weighted by atomic mass is 10.1. The van der Waals surface area contributed by atoms with Crippen molar-refractivity contribution in [3.63, 3.8) is 0 Å². The van der Waals surface area contributed by atoms with E-state index in [-0.39, 0.29) is 11.7 Å². The summed E-state index contributed by atoms with van der Waals surface area (Å²) in [5.41, 5.74) is 1.79. The van der Waals surface area contributed by atoms with Gasteiger partial charge in [-0.2, -0.15) is 0 Å². The average Bonchev–Trinajstić information content (AvgIpc) is 2.93. The molecule has 0 bridgehead atoms. The van der Waals surface area contributed by atoms with Gasteiger partial charge in [-0.3, -0.25) is 4.98 Å². The maximum atomic E-state index is 12.8. The van der Waals surface area contributed by atoms with Gasteiger partial charge in [0.1, 0.15) is 5.82 Å². The minimum Gasteiger partial charge on any atom is -0.354 e. The molecular weight excluding hydrogens is 275 g/mol. The molecule has 0 saturated carbocycles. The normalized spacial score (nSPS) is 12.5. The molecule has 0 spiro atoms. The summed E-state index contributed by atoms with van der Waals surface area (Å²) >= 11 is 1.62. The molecular formula is C14H13FN4S. The number of nitrogens with zero attached hydrogens (tertiary/aromatic N) is 3. The summed E-state index contributed by atoms with van der Waals surface area (Å²) in [6.07, 6.45) is 3.05. The fourth-order valence-corrected chi connectivity index (χ4v) is 2.57. The van der Waals surface area contributed by atoms with Crippen molar-refractivity contribution in [3.05, 3.63) is 47.5 Å². The maximum Gasteiger partial charge on any atom is 0.223 e. The Bertz CT molecular complexity index is 711. The van der Waals surface area contributed by atoms with Gasteiger partial charge in [0, 0.05) is 18.2 Å². The number of hydrogen-bond acceptors (Lipinski definition) is 5. The van der Waals surface area contributed by atoms with Crippen LogP contribution in [-0.2, 0) is 0 Å². The standard InChI is InChI=1S/C14H13FN4S/c1-9(11-3-2-10(15)7-16-11)6-17-14-18-8-13-12(19-14)4-5-20-13/h2-5,7-9H,6H2,1H3,(H,17,18,19). The summed E-state index contributed by atoms with van der Waals surface area (Å²) < 4.78 is 13.9. The van der Waals surface area contributed by atoms with E-state index in [1.54, 1.807) is 17.4 Å². The Morgan fingerprint density at radius 2 is 2.15 bits per heavy atom. The molecule has 0 aromatic carbocycles. The second-order valence-electron chi connectivity index (χ2n) is 4.55. The molecule has 0 radical (unpaired) electrons. The molecule has 3 aromatic heterocycles. The van der Waals surface area contributed by atoms with Crippen LogP contribution >= 0.6 is 11.3 Å². The molecule has 0 aliphatic rings. The first-order valence-electron chi connectivity index (χ1n) is 6.28. The van der Waals surface area contributed by atoms with Crippen LogP contribution in [0.5, 0.6) is 0 Å². The fraction of sp³-hybridized carbons (Fsp3) is 0.214. The van der Waals surface area contributed by atoms with Crippen molar-refractivity contribution in [2.24, 2.45) is 0 Å². The van der Waals surface area contributed by atoms with E-state index in [2.05, 4.69) is 20.3 Å². The van der Waals surface area contributed by atoms with Crippen LogP contribution < -0.4 is 5.32 Å². The molecule has 102 valence electrons. The Morgan fingerprint density at radius 1 is 1.25 bits per heavy atom. The van der Waals surface area contributed by atoms with Gasteiger partial charge in [-0.1, -0.05) is 6.92 Å². The highest BCUT2D eigenvalue weighted by Gasteiger charge is 2.08. The van der Waals surface area contributed by atoms with Gasteiger partial charge in [-0.25, -0.2) is 14.4 Å². The largest absolute Gasteiger partial charge is 0.354 e. The highest BCUT2D eigenvalue weighted by molar-refractivity contribution is 7.17. The summed E-state index contributed by atoms with van der Waals surface area (Å²) in [6, 6.07) is 5.09. The Kier molecular flexibility index (Phi) is 3.56. The molecule has 0 amide bonds. The van der Waals surface area contributed by atoms with Gasteiger partial charge in [0.15, 0.2) is 0 Å². The van der Waals surface area contributed by atoms with E-state index in [0.29, 0.717) is 12.5 Å². The molecule has 1 atom stereocenters. The van der Waals surface area contributed by atoms with E-state index < -0.39 is 0 Å². The van der Waals surface area contributed by atoms with Gasteiger partial charge in [0.05, 0.1) is 22.6 Å². The lowest BCUT2D eigenvalue weighted by Crippen LogP contribution is -2.12. The van der Waals surface area contributed by atoms with Crippen LogP contribution in [0.3, 0.4) is 0 Å². The van der Waals surface area contributed by atoms with E-state index in [1.807, 2.05) is 24.6 Å². The highest BCUT2D eigenvalue weighted by Crippen LogP contribution is 2.19. The lowest BCUT2D eigenvalue weighted by Gasteiger charge is -2.11. The zero-order chi connectivity index (χ0) is 13.9. The Morgan fingerprint density at radius 3 is 2.95 bits per heavy atom. The molecule has 0 saturated heterocycles. The van der Waals surface area contributed by atoms with Gasteiger partial charge >= 0.3 is 0 Å². The number of thiophene rings is 1. The number of pyridine rings is 1. The van der Waals surface area contributed by atoms with Crippen molar-refractivity contribution in [2.75, 3.05) is 11.9 Å². The molecule has 3 rings (SSSR count). The number of halogens is 1.